The van der Waals surface area contributed by atoms with Crippen molar-refractivity contribution in [3.05, 3.63) is 71.8 Å². The van der Waals surface area contributed by atoms with E-state index in [-0.39, 0.29) is 12.5 Å². The van der Waals surface area contributed by atoms with E-state index in [0.717, 1.165) is 27.6 Å². The normalized spacial score (nSPS) is 10.8. The largest absolute Gasteiger partial charge is 0.496 e. The summed E-state index contributed by atoms with van der Waals surface area (Å²) >= 11 is 0. The van der Waals surface area contributed by atoms with E-state index in [1.807, 2.05) is 67.6 Å². The highest BCUT2D eigenvalue weighted by atomic mass is 16.5. The van der Waals surface area contributed by atoms with Crippen LogP contribution in [0.3, 0.4) is 0 Å². The van der Waals surface area contributed by atoms with Crippen molar-refractivity contribution in [2.45, 2.75) is 6.92 Å². The number of hydrazone groups is 1. The molecule has 0 fully saturated rings. The van der Waals surface area contributed by atoms with Crippen LogP contribution in [0.4, 0.5) is 0 Å². The first-order valence-electron chi connectivity index (χ1n) is 8.24. The summed E-state index contributed by atoms with van der Waals surface area (Å²) < 4.78 is 10.8. The number of fused-ring (bicyclic) bond motifs is 1. The molecule has 0 aromatic heterocycles. The smallest absolute Gasteiger partial charge is 0.277 e. The molecule has 3 aromatic carbocycles. The topological polar surface area (TPSA) is 59.9 Å². The third-order valence-corrected chi connectivity index (χ3v) is 3.89. The zero-order valence-corrected chi connectivity index (χ0v) is 14.7. The highest BCUT2D eigenvalue weighted by Gasteiger charge is 2.05. The first-order chi connectivity index (χ1) is 12.7. The fourth-order valence-corrected chi connectivity index (χ4v) is 2.65. The van der Waals surface area contributed by atoms with Crippen molar-refractivity contribution >= 4 is 22.9 Å². The first-order valence-corrected chi connectivity index (χ1v) is 8.24. The number of hydrogen-bond acceptors (Lipinski definition) is 4. The van der Waals surface area contributed by atoms with E-state index >= 15 is 0 Å². The van der Waals surface area contributed by atoms with Gasteiger partial charge in [-0.1, -0.05) is 36.4 Å². The Morgan fingerprint density at radius 1 is 1.08 bits per heavy atom. The molecule has 3 aromatic rings. The van der Waals surface area contributed by atoms with Gasteiger partial charge in [0.2, 0.25) is 0 Å². The van der Waals surface area contributed by atoms with Gasteiger partial charge in [-0.15, -0.1) is 0 Å². The highest BCUT2D eigenvalue weighted by molar-refractivity contribution is 6.02. The quantitative estimate of drug-likeness (QED) is 0.546. The van der Waals surface area contributed by atoms with Gasteiger partial charge in [-0.25, -0.2) is 5.43 Å². The van der Waals surface area contributed by atoms with Gasteiger partial charge < -0.3 is 9.47 Å². The van der Waals surface area contributed by atoms with Gasteiger partial charge in [0, 0.05) is 10.9 Å². The Morgan fingerprint density at radius 2 is 1.88 bits per heavy atom. The minimum Gasteiger partial charge on any atom is -0.496 e. The number of hydrogen-bond donors (Lipinski definition) is 1. The summed E-state index contributed by atoms with van der Waals surface area (Å²) in [4.78, 5) is 11.9. The van der Waals surface area contributed by atoms with E-state index in [0.29, 0.717) is 5.75 Å². The van der Waals surface area contributed by atoms with E-state index < -0.39 is 0 Å². The molecule has 0 heterocycles. The standard InChI is InChI=1S/C21H20N2O3/c1-15-6-5-7-17(12-15)26-14-21(24)23-22-13-16-10-11-20(25-2)19-9-4-3-8-18(16)19/h3-13H,14H2,1-2H3,(H,23,24). The Hall–Kier alpha value is -3.34. The fraction of sp³-hybridized carbons (Fsp3) is 0.143. The second kappa shape index (κ2) is 8.16. The molecular formula is C21H20N2O3. The number of aryl methyl sites for hydroxylation is 1. The number of nitrogens with one attached hydrogen (secondary N) is 1. The average Bonchev–Trinajstić information content (AvgIpc) is 2.66. The summed E-state index contributed by atoms with van der Waals surface area (Å²) in [6, 6.07) is 19.2. The van der Waals surface area contributed by atoms with Crippen molar-refractivity contribution in [3.8, 4) is 11.5 Å². The van der Waals surface area contributed by atoms with E-state index in [1.165, 1.54) is 0 Å². The van der Waals surface area contributed by atoms with Crippen LogP contribution < -0.4 is 14.9 Å². The Morgan fingerprint density at radius 3 is 2.65 bits per heavy atom. The third kappa shape index (κ3) is 4.19. The molecule has 0 atom stereocenters. The summed E-state index contributed by atoms with van der Waals surface area (Å²) in [7, 11) is 1.64. The van der Waals surface area contributed by atoms with Gasteiger partial charge >= 0.3 is 0 Å². The van der Waals surface area contributed by atoms with Crippen LogP contribution in [0, 0.1) is 6.92 Å². The van der Waals surface area contributed by atoms with E-state index in [9.17, 15) is 4.79 Å². The molecule has 3 rings (SSSR count). The lowest BCUT2D eigenvalue weighted by Gasteiger charge is -2.08. The maximum Gasteiger partial charge on any atom is 0.277 e. The Kier molecular flexibility index (Phi) is 5.49. The van der Waals surface area contributed by atoms with Crippen molar-refractivity contribution in [3.63, 3.8) is 0 Å². The lowest BCUT2D eigenvalue weighted by Crippen LogP contribution is -2.24. The summed E-state index contributed by atoms with van der Waals surface area (Å²) in [6.45, 7) is 1.88. The third-order valence-electron chi connectivity index (χ3n) is 3.89. The predicted octanol–water partition coefficient (Wildman–Crippen LogP) is 3.69. The maximum atomic E-state index is 11.9. The second-order valence-electron chi connectivity index (χ2n) is 5.80. The van der Waals surface area contributed by atoms with Crippen LogP contribution in [-0.4, -0.2) is 25.8 Å². The zero-order valence-electron chi connectivity index (χ0n) is 14.7. The molecule has 1 N–H and O–H groups in total. The number of nitrogens with zero attached hydrogens (tertiary/aromatic N) is 1. The van der Waals surface area contributed by atoms with Crippen molar-refractivity contribution in [2.24, 2.45) is 5.10 Å². The molecule has 132 valence electrons. The summed E-state index contributed by atoms with van der Waals surface area (Å²) in [5, 5.41) is 6.03. The summed E-state index contributed by atoms with van der Waals surface area (Å²) in [5.74, 6) is 1.14. The van der Waals surface area contributed by atoms with Gasteiger partial charge in [0.15, 0.2) is 6.61 Å². The number of carbonyl (C=O) groups is 1. The first kappa shape index (κ1) is 17.5. The minimum atomic E-state index is -0.319. The van der Waals surface area contributed by atoms with Crippen LogP contribution in [0.15, 0.2) is 65.8 Å². The van der Waals surface area contributed by atoms with Crippen molar-refractivity contribution < 1.29 is 14.3 Å². The van der Waals surface area contributed by atoms with Crippen molar-refractivity contribution in [2.75, 3.05) is 13.7 Å². The molecule has 5 nitrogen and oxygen atoms in total. The van der Waals surface area contributed by atoms with Crippen LogP contribution >= 0.6 is 0 Å². The second-order valence-corrected chi connectivity index (χ2v) is 5.80. The van der Waals surface area contributed by atoms with E-state index in [2.05, 4.69) is 10.5 Å². The molecule has 0 saturated heterocycles. The Balaban J connectivity index is 1.63. The number of benzene rings is 3. The molecule has 26 heavy (non-hydrogen) atoms. The number of rotatable bonds is 6. The lowest BCUT2D eigenvalue weighted by atomic mass is 10.0. The van der Waals surface area contributed by atoms with E-state index in [1.54, 1.807) is 13.3 Å². The van der Waals surface area contributed by atoms with Crippen LogP contribution in [0.5, 0.6) is 11.5 Å². The number of methoxy groups -OCH3 is 1. The Labute approximate surface area is 152 Å². The summed E-state index contributed by atoms with van der Waals surface area (Å²) in [5.41, 5.74) is 4.45. The molecule has 0 aliphatic rings. The maximum absolute atomic E-state index is 11.9. The van der Waals surface area contributed by atoms with E-state index in [4.69, 9.17) is 9.47 Å². The number of carbonyl (C=O) groups excluding carboxylic acids is 1. The van der Waals surface area contributed by atoms with Crippen molar-refractivity contribution in [1.29, 1.82) is 0 Å². The van der Waals surface area contributed by atoms with Crippen LogP contribution in [0.25, 0.3) is 10.8 Å². The van der Waals surface area contributed by atoms with Gasteiger partial charge in [0.1, 0.15) is 11.5 Å². The lowest BCUT2D eigenvalue weighted by molar-refractivity contribution is -0.123. The average molecular weight is 348 g/mol. The van der Waals surface area contributed by atoms with Crippen LogP contribution in [0.2, 0.25) is 0 Å². The molecule has 1 amide bonds. The molecule has 0 aliphatic carbocycles. The van der Waals surface area contributed by atoms with Gasteiger partial charge in [-0.3, -0.25) is 4.79 Å². The number of amides is 1. The molecule has 0 saturated carbocycles. The minimum absolute atomic E-state index is 0.0931. The van der Waals surface area contributed by atoms with Gasteiger partial charge in [-0.2, -0.15) is 5.10 Å². The highest BCUT2D eigenvalue weighted by Crippen LogP contribution is 2.27. The van der Waals surface area contributed by atoms with Crippen molar-refractivity contribution in [1.82, 2.24) is 5.43 Å². The fourth-order valence-electron chi connectivity index (χ4n) is 2.65. The van der Waals surface area contributed by atoms with Gasteiger partial charge in [0.25, 0.3) is 5.91 Å². The van der Waals surface area contributed by atoms with Gasteiger partial charge in [0.05, 0.1) is 13.3 Å². The van der Waals surface area contributed by atoms with Crippen LogP contribution in [-0.2, 0) is 4.79 Å². The molecule has 5 heteroatoms. The molecule has 0 spiro atoms. The Bertz CT molecular complexity index is 951. The monoisotopic (exact) mass is 348 g/mol. The molecule has 0 aliphatic heterocycles. The predicted molar refractivity (Wildman–Crippen MR) is 103 cm³/mol. The summed E-state index contributed by atoms with van der Waals surface area (Å²) in [6.07, 6.45) is 1.62. The molecule has 0 unspecified atom stereocenters. The molecule has 0 bridgehead atoms. The number of ether oxygens (including phenoxy) is 2. The molecule has 0 radical (unpaired) electrons. The van der Waals surface area contributed by atoms with Gasteiger partial charge in [-0.05, 0) is 42.1 Å². The SMILES string of the molecule is COc1ccc(C=NNC(=O)COc2cccc(C)c2)c2ccccc12. The molecular weight excluding hydrogens is 328 g/mol. The zero-order chi connectivity index (χ0) is 18.4. The van der Waals surface area contributed by atoms with Crippen LogP contribution in [0.1, 0.15) is 11.1 Å².